The lowest BCUT2D eigenvalue weighted by atomic mass is 10.3. The van der Waals surface area contributed by atoms with Gasteiger partial charge in [0.1, 0.15) is 11.6 Å². The molecule has 3 rings (SSSR count). The lowest BCUT2D eigenvalue weighted by molar-refractivity contribution is -0.133. The molecule has 0 bridgehead atoms. The number of carbonyl (C=O) groups excluding carboxylic acids is 1. The van der Waals surface area contributed by atoms with Crippen molar-refractivity contribution in [3.63, 3.8) is 0 Å². The Bertz CT molecular complexity index is 502. The van der Waals surface area contributed by atoms with Crippen molar-refractivity contribution in [1.29, 1.82) is 0 Å². The standard InChI is InChI=1S/C17H23FN2O2/c18-15-4-6-16(7-5-15)22-13-17(21)20-9-1-8-19(10-11-20)12-14-2-3-14/h4-7,14H,1-3,8-13H2. The minimum Gasteiger partial charge on any atom is -0.484 e. The smallest absolute Gasteiger partial charge is 0.260 e. The second-order valence-corrected chi connectivity index (χ2v) is 6.22. The van der Waals surface area contributed by atoms with Crippen LogP contribution in [0.1, 0.15) is 19.3 Å². The van der Waals surface area contributed by atoms with Crippen molar-refractivity contribution in [2.24, 2.45) is 5.92 Å². The van der Waals surface area contributed by atoms with Crippen molar-refractivity contribution in [3.8, 4) is 5.75 Å². The van der Waals surface area contributed by atoms with E-state index in [9.17, 15) is 9.18 Å². The number of carbonyl (C=O) groups is 1. The highest BCUT2D eigenvalue weighted by atomic mass is 19.1. The van der Waals surface area contributed by atoms with E-state index < -0.39 is 0 Å². The van der Waals surface area contributed by atoms with Gasteiger partial charge in [-0.1, -0.05) is 0 Å². The van der Waals surface area contributed by atoms with Gasteiger partial charge in [-0.25, -0.2) is 4.39 Å². The van der Waals surface area contributed by atoms with Gasteiger partial charge in [-0.3, -0.25) is 4.79 Å². The summed E-state index contributed by atoms with van der Waals surface area (Å²) in [6.45, 7) is 4.82. The fourth-order valence-electron chi connectivity index (χ4n) is 2.84. The van der Waals surface area contributed by atoms with Crippen LogP contribution in [-0.2, 0) is 4.79 Å². The van der Waals surface area contributed by atoms with E-state index in [4.69, 9.17) is 4.74 Å². The molecule has 2 aliphatic rings. The van der Waals surface area contributed by atoms with E-state index in [1.807, 2.05) is 4.90 Å². The molecule has 1 heterocycles. The molecule has 1 aliphatic carbocycles. The monoisotopic (exact) mass is 306 g/mol. The third-order valence-corrected chi connectivity index (χ3v) is 4.33. The summed E-state index contributed by atoms with van der Waals surface area (Å²) in [4.78, 5) is 16.6. The van der Waals surface area contributed by atoms with E-state index in [2.05, 4.69) is 4.90 Å². The number of rotatable bonds is 5. The molecular weight excluding hydrogens is 283 g/mol. The molecule has 0 spiro atoms. The molecule has 0 unspecified atom stereocenters. The molecule has 0 radical (unpaired) electrons. The second-order valence-electron chi connectivity index (χ2n) is 6.22. The summed E-state index contributed by atoms with van der Waals surface area (Å²) in [6.07, 6.45) is 3.75. The molecule has 1 aromatic carbocycles. The number of hydrogen-bond donors (Lipinski definition) is 0. The molecule has 1 saturated carbocycles. The van der Waals surface area contributed by atoms with Gasteiger partial charge in [0.15, 0.2) is 6.61 Å². The van der Waals surface area contributed by atoms with Gasteiger partial charge in [0, 0.05) is 26.2 Å². The summed E-state index contributed by atoms with van der Waals surface area (Å²) in [5.74, 6) is 1.13. The normalized spacial score (nSPS) is 19.8. The molecule has 1 aromatic rings. The molecule has 120 valence electrons. The fourth-order valence-corrected chi connectivity index (χ4v) is 2.84. The van der Waals surface area contributed by atoms with E-state index in [-0.39, 0.29) is 18.3 Å². The Kier molecular flexibility index (Phi) is 4.93. The molecule has 1 saturated heterocycles. The van der Waals surface area contributed by atoms with Gasteiger partial charge in [0.2, 0.25) is 0 Å². The van der Waals surface area contributed by atoms with Gasteiger partial charge < -0.3 is 14.5 Å². The quantitative estimate of drug-likeness (QED) is 0.835. The number of benzene rings is 1. The highest BCUT2D eigenvalue weighted by Crippen LogP contribution is 2.29. The SMILES string of the molecule is O=C(COc1ccc(F)cc1)N1CCCN(CC2CC2)CC1. The summed E-state index contributed by atoms with van der Waals surface area (Å²) in [5, 5.41) is 0. The Labute approximate surface area is 130 Å². The molecule has 22 heavy (non-hydrogen) atoms. The van der Waals surface area contributed by atoms with Gasteiger partial charge in [-0.05, 0) is 56.0 Å². The van der Waals surface area contributed by atoms with Crippen LogP contribution >= 0.6 is 0 Å². The average Bonchev–Trinajstić information content (AvgIpc) is 3.34. The van der Waals surface area contributed by atoms with Crippen LogP contribution in [0.4, 0.5) is 4.39 Å². The zero-order chi connectivity index (χ0) is 15.4. The van der Waals surface area contributed by atoms with Crippen LogP contribution in [0.5, 0.6) is 5.75 Å². The first-order valence-corrected chi connectivity index (χ1v) is 8.09. The molecule has 0 N–H and O–H groups in total. The zero-order valence-corrected chi connectivity index (χ0v) is 12.8. The van der Waals surface area contributed by atoms with E-state index >= 15 is 0 Å². The molecule has 0 aromatic heterocycles. The second kappa shape index (κ2) is 7.09. The van der Waals surface area contributed by atoms with Crippen LogP contribution in [-0.4, -0.2) is 55.0 Å². The molecule has 1 amide bonds. The van der Waals surface area contributed by atoms with Gasteiger partial charge in [0.25, 0.3) is 5.91 Å². The van der Waals surface area contributed by atoms with Crippen LogP contribution in [0.2, 0.25) is 0 Å². The van der Waals surface area contributed by atoms with E-state index in [0.717, 1.165) is 38.5 Å². The minimum absolute atomic E-state index is 0.0117. The maximum absolute atomic E-state index is 12.8. The van der Waals surface area contributed by atoms with Crippen molar-refractivity contribution in [2.75, 3.05) is 39.3 Å². The average molecular weight is 306 g/mol. The van der Waals surface area contributed by atoms with Crippen molar-refractivity contribution in [3.05, 3.63) is 30.1 Å². The Morgan fingerprint density at radius 3 is 2.64 bits per heavy atom. The number of halogens is 1. The van der Waals surface area contributed by atoms with Crippen molar-refractivity contribution in [1.82, 2.24) is 9.80 Å². The maximum atomic E-state index is 12.8. The third-order valence-electron chi connectivity index (χ3n) is 4.33. The van der Waals surface area contributed by atoms with Gasteiger partial charge >= 0.3 is 0 Å². The summed E-state index contributed by atoms with van der Waals surface area (Å²) in [5.41, 5.74) is 0. The predicted octanol–water partition coefficient (Wildman–Crippen LogP) is 2.15. The molecule has 1 aliphatic heterocycles. The predicted molar refractivity (Wildman–Crippen MR) is 82.3 cm³/mol. The van der Waals surface area contributed by atoms with Crippen LogP contribution in [0.25, 0.3) is 0 Å². The zero-order valence-electron chi connectivity index (χ0n) is 12.8. The van der Waals surface area contributed by atoms with E-state index in [0.29, 0.717) is 5.75 Å². The first-order valence-electron chi connectivity index (χ1n) is 8.09. The summed E-state index contributed by atoms with van der Waals surface area (Å²) < 4.78 is 18.3. The third kappa shape index (κ3) is 4.44. The van der Waals surface area contributed by atoms with Crippen molar-refractivity contribution in [2.45, 2.75) is 19.3 Å². The maximum Gasteiger partial charge on any atom is 0.260 e. The number of ether oxygens (including phenoxy) is 1. The van der Waals surface area contributed by atoms with Crippen LogP contribution < -0.4 is 4.74 Å². The number of amides is 1. The van der Waals surface area contributed by atoms with Gasteiger partial charge in [-0.2, -0.15) is 0 Å². The van der Waals surface area contributed by atoms with E-state index in [1.165, 1.54) is 31.5 Å². The van der Waals surface area contributed by atoms with Gasteiger partial charge in [-0.15, -0.1) is 0 Å². The first-order chi connectivity index (χ1) is 10.7. The fraction of sp³-hybridized carbons (Fsp3) is 0.588. The summed E-state index contributed by atoms with van der Waals surface area (Å²) in [6, 6.07) is 5.76. The van der Waals surface area contributed by atoms with Crippen LogP contribution in [0.15, 0.2) is 24.3 Å². The van der Waals surface area contributed by atoms with Crippen molar-refractivity contribution < 1.29 is 13.9 Å². The summed E-state index contributed by atoms with van der Waals surface area (Å²) in [7, 11) is 0. The minimum atomic E-state index is -0.304. The topological polar surface area (TPSA) is 32.8 Å². The molecule has 0 atom stereocenters. The largest absolute Gasteiger partial charge is 0.484 e. The molecule has 5 heteroatoms. The highest BCUT2D eigenvalue weighted by molar-refractivity contribution is 5.77. The molecule has 2 fully saturated rings. The van der Waals surface area contributed by atoms with Crippen LogP contribution in [0, 0.1) is 11.7 Å². The Morgan fingerprint density at radius 2 is 1.91 bits per heavy atom. The number of hydrogen-bond acceptors (Lipinski definition) is 3. The lowest BCUT2D eigenvalue weighted by Gasteiger charge is -2.22. The Balaban J connectivity index is 1.44. The Hall–Kier alpha value is -1.62. The summed E-state index contributed by atoms with van der Waals surface area (Å²) >= 11 is 0. The van der Waals surface area contributed by atoms with Crippen LogP contribution in [0.3, 0.4) is 0 Å². The highest BCUT2D eigenvalue weighted by Gasteiger charge is 2.26. The first kappa shape index (κ1) is 15.3. The lowest BCUT2D eigenvalue weighted by Crippen LogP contribution is -2.38. The Morgan fingerprint density at radius 1 is 1.14 bits per heavy atom. The molecular formula is C17H23FN2O2. The number of nitrogens with zero attached hydrogens (tertiary/aromatic N) is 2. The van der Waals surface area contributed by atoms with Gasteiger partial charge in [0.05, 0.1) is 0 Å². The van der Waals surface area contributed by atoms with Crippen molar-refractivity contribution >= 4 is 5.91 Å². The van der Waals surface area contributed by atoms with E-state index in [1.54, 1.807) is 12.1 Å². The molecule has 4 nitrogen and oxygen atoms in total.